The van der Waals surface area contributed by atoms with Gasteiger partial charge in [0.15, 0.2) is 0 Å². The number of nitrogens with zero attached hydrogens (tertiary/aromatic N) is 3. The first-order valence-electron chi connectivity index (χ1n) is 6.08. The van der Waals surface area contributed by atoms with Crippen molar-refractivity contribution >= 4 is 23.2 Å². The fourth-order valence-electron chi connectivity index (χ4n) is 1.79. The minimum Gasteiger partial charge on any atom is -0.324 e. The highest BCUT2D eigenvalue weighted by atomic mass is 35.5. The molecular formula is C15H11ClN4. The van der Waals surface area contributed by atoms with Crippen molar-refractivity contribution in [2.24, 2.45) is 0 Å². The lowest BCUT2D eigenvalue weighted by molar-refractivity contribution is 1.17. The molecule has 0 bridgehead atoms. The molecule has 20 heavy (non-hydrogen) atoms. The highest BCUT2D eigenvalue weighted by molar-refractivity contribution is 6.29. The summed E-state index contributed by atoms with van der Waals surface area (Å²) in [7, 11) is 0. The Morgan fingerprint density at radius 2 is 1.70 bits per heavy atom. The summed E-state index contributed by atoms with van der Waals surface area (Å²) < 4.78 is 0. The second-order valence-corrected chi connectivity index (χ2v) is 4.51. The monoisotopic (exact) mass is 282 g/mol. The summed E-state index contributed by atoms with van der Waals surface area (Å²) in [4.78, 5) is 12.6. The third kappa shape index (κ3) is 2.92. The van der Waals surface area contributed by atoms with Crippen LogP contribution in [0.1, 0.15) is 0 Å². The first-order chi connectivity index (χ1) is 9.81. The van der Waals surface area contributed by atoms with E-state index in [1.807, 2.05) is 42.5 Å². The van der Waals surface area contributed by atoms with Crippen LogP contribution < -0.4 is 5.32 Å². The molecule has 0 amide bonds. The van der Waals surface area contributed by atoms with Crippen molar-refractivity contribution in [2.75, 3.05) is 5.32 Å². The molecule has 1 N–H and O–H groups in total. The first-order valence-corrected chi connectivity index (χ1v) is 6.46. The van der Waals surface area contributed by atoms with Gasteiger partial charge in [-0.2, -0.15) is 0 Å². The number of benzene rings is 1. The Morgan fingerprint density at radius 1 is 0.900 bits per heavy atom. The van der Waals surface area contributed by atoms with E-state index in [0.29, 0.717) is 11.1 Å². The second-order valence-electron chi connectivity index (χ2n) is 4.12. The van der Waals surface area contributed by atoms with Crippen LogP contribution in [0, 0.1) is 0 Å². The van der Waals surface area contributed by atoms with Gasteiger partial charge in [-0.15, -0.1) is 0 Å². The summed E-state index contributed by atoms with van der Waals surface area (Å²) >= 11 is 5.89. The van der Waals surface area contributed by atoms with Gasteiger partial charge < -0.3 is 5.32 Å². The van der Waals surface area contributed by atoms with Gasteiger partial charge in [-0.3, -0.25) is 0 Å². The van der Waals surface area contributed by atoms with Crippen molar-refractivity contribution in [3.63, 3.8) is 0 Å². The molecule has 2 aromatic heterocycles. The lowest BCUT2D eigenvalue weighted by Gasteiger charge is -2.06. The number of halogens is 1. The molecule has 0 radical (unpaired) electrons. The SMILES string of the molecule is Clc1cc(-c2ccnc(Nc3ccccc3)n2)ccn1. The average molecular weight is 283 g/mol. The second kappa shape index (κ2) is 5.67. The molecule has 0 aliphatic carbocycles. The van der Waals surface area contributed by atoms with Gasteiger partial charge in [-0.05, 0) is 30.3 Å². The van der Waals surface area contributed by atoms with E-state index in [0.717, 1.165) is 16.9 Å². The fraction of sp³-hybridized carbons (Fsp3) is 0. The molecule has 0 unspecified atom stereocenters. The summed E-state index contributed by atoms with van der Waals surface area (Å²) in [5.74, 6) is 0.543. The van der Waals surface area contributed by atoms with E-state index >= 15 is 0 Å². The smallest absolute Gasteiger partial charge is 0.227 e. The predicted molar refractivity (Wildman–Crippen MR) is 80.0 cm³/mol. The molecule has 0 saturated carbocycles. The topological polar surface area (TPSA) is 50.7 Å². The molecule has 0 atom stereocenters. The van der Waals surface area contributed by atoms with Gasteiger partial charge in [0.2, 0.25) is 5.95 Å². The Bertz CT molecular complexity index is 716. The summed E-state index contributed by atoms with van der Waals surface area (Å²) in [5, 5.41) is 3.60. The molecule has 0 aliphatic heterocycles. The Labute approximate surface area is 121 Å². The molecule has 98 valence electrons. The number of aromatic nitrogens is 3. The van der Waals surface area contributed by atoms with Crippen LogP contribution in [0.4, 0.5) is 11.6 Å². The summed E-state index contributed by atoms with van der Waals surface area (Å²) in [6, 6.07) is 15.3. The summed E-state index contributed by atoms with van der Waals surface area (Å²) in [5.41, 5.74) is 2.64. The maximum Gasteiger partial charge on any atom is 0.227 e. The predicted octanol–water partition coefficient (Wildman–Crippen LogP) is 3.94. The first kappa shape index (κ1) is 12.6. The lowest BCUT2D eigenvalue weighted by atomic mass is 10.2. The van der Waals surface area contributed by atoms with E-state index in [2.05, 4.69) is 20.3 Å². The Kier molecular flexibility index (Phi) is 3.56. The van der Waals surface area contributed by atoms with E-state index in [1.165, 1.54) is 0 Å². The summed E-state index contributed by atoms with van der Waals surface area (Å²) in [6.07, 6.45) is 3.37. The van der Waals surface area contributed by atoms with Crippen molar-refractivity contribution in [2.45, 2.75) is 0 Å². The highest BCUT2D eigenvalue weighted by Crippen LogP contribution is 2.20. The van der Waals surface area contributed by atoms with Crippen LogP contribution in [0.3, 0.4) is 0 Å². The Balaban J connectivity index is 1.90. The molecule has 0 aliphatic rings. The van der Waals surface area contributed by atoms with Gasteiger partial charge in [-0.1, -0.05) is 29.8 Å². The third-order valence-corrected chi connectivity index (χ3v) is 2.91. The zero-order valence-corrected chi connectivity index (χ0v) is 11.2. The van der Waals surface area contributed by atoms with Crippen LogP contribution in [0.25, 0.3) is 11.3 Å². The number of para-hydroxylation sites is 1. The van der Waals surface area contributed by atoms with Gasteiger partial charge in [-0.25, -0.2) is 15.0 Å². The van der Waals surface area contributed by atoms with E-state index in [-0.39, 0.29) is 0 Å². The van der Waals surface area contributed by atoms with Crippen LogP contribution in [-0.4, -0.2) is 15.0 Å². The molecule has 1 aromatic carbocycles. The van der Waals surface area contributed by atoms with E-state index in [1.54, 1.807) is 18.5 Å². The fourth-order valence-corrected chi connectivity index (χ4v) is 1.97. The minimum atomic E-state index is 0.443. The number of nitrogens with one attached hydrogen (secondary N) is 1. The van der Waals surface area contributed by atoms with Gasteiger partial charge in [0.25, 0.3) is 0 Å². The maximum atomic E-state index is 5.89. The molecule has 3 aromatic rings. The Morgan fingerprint density at radius 3 is 2.50 bits per heavy atom. The third-order valence-electron chi connectivity index (χ3n) is 2.71. The normalized spacial score (nSPS) is 10.2. The van der Waals surface area contributed by atoms with E-state index in [4.69, 9.17) is 11.6 Å². The molecule has 4 nitrogen and oxygen atoms in total. The van der Waals surface area contributed by atoms with Gasteiger partial charge in [0, 0.05) is 23.6 Å². The average Bonchev–Trinajstić information content (AvgIpc) is 2.49. The zero-order valence-electron chi connectivity index (χ0n) is 10.5. The molecule has 3 rings (SSSR count). The van der Waals surface area contributed by atoms with Crippen molar-refractivity contribution in [3.05, 3.63) is 66.1 Å². The number of pyridine rings is 1. The van der Waals surface area contributed by atoms with Crippen molar-refractivity contribution in [1.82, 2.24) is 15.0 Å². The number of hydrogen-bond acceptors (Lipinski definition) is 4. The molecule has 5 heteroatoms. The molecule has 2 heterocycles. The van der Waals surface area contributed by atoms with Crippen molar-refractivity contribution < 1.29 is 0 Å². The van der Waals surface area contributed by atoms with Crippen LogP contribution in [0.5, 0.6) is 0 Å². The standard InChI is InChI=1S/C15H11ClN4/c16-14-10-11(6-8-17-14)13-7-9-18-15(20-13)19-12-4-2-1-3-5-12/h1-10H,(H,18,19,20). The molecular weight excluding hydrogens is 272 g/mol. The largest absolute Gasteiger partial charge is 0.324 e. The summed E-state index contributed by atoms with van der Waals surface area (Å²) in [6.45, 7) is 0. The van der Waals surface area contributed by atoms with Gasteiger partial charge in [0.1, 0.15) is 5.15 Å². The number of rotatable bonds is 3. The van der Waals surface area contributed by atoms with Gasteiger partial charge >= 0.3 is 0 Å². The van der Waals surface area contributed by atoms with Crippen LogP contribution in [0.2, 0.25) is 5.15 Å². The van der Waals surface area contributed by atoms with Crippen LogP contribution in [0.15, 0.2) is 60.9 Å². The highest BCUT2D eigenvalue weighted by Gasteiger charge is 2.03. The molecule has 0 fully saturated rings. The zero-order chi connectivity index (χ0) is 13.8. The van der Waals surface area contributed by atoms with Crippen LogP contribution >= 0.6 is 11.6 Å². The molecule has 0 saturated heterocycles. The maximum absolute atomic E-state index is 5.89. The quantitative estimate of drug-likeness (QED) is 0.739. The number of anilines is 2. The van der Waals surface area contributed by atoms with Crippen molar-refractivity contribution in [1.29, 1.82) is 0 Å². The van der Waals surface area contributed by atoms with Gasteiger partial charge in [0.05, 0.1) is 5.69 Å². The van der Waals surface area contributed by atoms with E-state index in [9.17, 15) is 0 Å². The minimum absolute atomic E-state index is 0.443. The number of hydrogen-bond donors (Lipinski definition) is 1. The van der Waals surface area contributed by atoms with E-state index < -0.39 is 0 Å². The lowest BCUT2D eigenvalue weighted by Crippen LogP contribution is -1.97. The van der Waals surface area contributed by atoms with Crippen molar-refractivity contribution in [3.8, 4) is 11.3 Å². The van der Waals surface area contributed by atoms with Crippen LogP contribution in [-0.2, 0) is 0 Å². The Hall–Kier alpha value is -2.46. The molecule has 0 spiro atoms.